The maximum Gasteiger partial charge on any atom is 0.227 e. The predicted molar refractivity (Wildman–Crippen MR) is 63.7 cm³/mol. The van der Waals surface area contributed by atoms with Crippen LogP contribution < -0.4 is 0 Å². The van der Waals surface area contributed by atoms with Gasteiger partial charge in [-0.3, -0.25) is 9.36 Å². The molecule has 0 radical (unpaired) electrons. The van der Waals surface area contributed by atoms with Crippen LogP contribution in [0.25, 0.3) is 10.9 Å². The number of aliphatic hydroxyl groups is 1. The van der Waals surface area contributed by atoms with Gasteiger partial charge in [0.1, 0.15) is 0 Å². The number of fused-ring (bicyclic) bond motifs is 1. The van der Waals surface area contributed by atoms with Gasteiger partial charge in [-0.1, -0.05) is 25.1 Å². The molecule has 0 spiro atoms. The molecule has 0 fully saturated rings. The van der Waals surface area contributed by atoms with E-state index >= 15 is 0 Å². The smallest absolute Gasteiger partial charge is 0.227 e. The summed E-state index contributed by atoms with van der Waals surface area (Å²) in [5, 5.41) is 10.2. The van der Waals surface area contributed by atoms with Gasteiger partial charge in [-0.05, 0) is 11.6 Å². The molecule has 1 N–H and O–H groups in total. The van der Waals surface area contributed by atoms with Crippen molar-refractivity contribution in [1.29, 1.82) is 0 Å². The molecule has 2 rings (SSSR count). The molecule has 1 heterocycles. The van der Waals surface area contributed by atoms with E-state index in [9.17, 15) is 9.90 Å². The first kappa shape index (κ1) is 10.9. The average Bonchev–Trinajstić information content (AvgIpc) is 2.67. The molecular formula is C13H15NO2. The molecule has 0 aliphatic carbocycles. The second kappa shape index (κ2) is 4.10. The number of aromatic nitrogens is 1. The van der Waals surface area contributed by atoms with Gasteiger partial charge >= 0.3 is 0 Å². The van der Waals surface area contributed by atoms with Crippen molar-refractivity contribution in [3.05, 3.63) is 36.0 Å². The van der Waals surface area contributed by atoms with Gasteiger partial charge in [-0.15, -0.1) is 0 Å². The maximum absolute atomic E-state index is 11.5. The van der Waals surface area contributed by atoms with Crippen LogP contribution in [-0.2, 0) is 0 Å². The number of aliphatic hydroxyl groups excluding tert-OH is 1. The highest BCUT2D eigenvalue weighted by molar-refractivity contribution is 5.93. The van der Waals surface area contributed by atoms with E-state index in [1.54, 1.807) is 11.5 Å². The fraction of sp³-hybridized carbons (Fsp3) is 0.308. The van der Waals surface area contributed by atoms with Crippen molar-refractivity contribution in [2.24, 2.45) is 0 Å². The molecule has 0 saturated carbocycles. The van der Waals surface area contributed by atoms with Crippen LogP contribution in [0.1, 0.15) is 30.1 Å². The minimum Gasteiger partial charge on any atom is -0.396 e. The van der Waals surface area contributed by atoms with Gasteiger partial charge in [-0.2, -0.15) is 0 Å². The summed E-state index contributed by atoms with van der Waals surface area (Å²) in [4.78, 5) is 11.5. The largest absolute Gasteiger partial charge is 0.396 e. The highest BCUT2D eigenvalue weighted by Gasteiger charge is 2.14. The molecule has 0 amide bonds. The van der Waals surface area contributed by atoms with Crippen molar-refractivity contribution < 1.29 is 9.90 Å². The molecule has 3 heteroatoms. The highest BCUT2D eigenvalue weighted by Crippen LogP contribution is 2.27. The molecule has 0 aliphatic heterocycles. The van der Waals surface area contributed by atoms with E-state index in [0.29, 0.717) is 0 Å². The molecule has 0 bridgehead atoms. The Hall–Kier alpha value is -1.61. The quantitative estimate of drug-likeness (QED) is 0.839. The number of carbonyl (C=O) groups is 1. The summed E-state index contributed by atoms with van der Waals surface area (Å²) in [5.74, 6) is 0.0399. The summed E-state index contributed by atoms with van der Waals surface area (Å²) in [7, 11) is 0. The minimum atomic E-state index is -0.00686. The van der Waals surface area contributed by atoms with Crippen LogP contribution in [-0.4, -0.2) is 22.2 Å². The van der Waals surface area contributed by atoms with Crippen molar-refractivity contribution in [3.8, 4) is 0 Å². The maximum atomic E-state index is 11.5. The van der Waals surface area contributed by atoms with Crippen molar-refractivity contribution in [2.45, 2.75) is 19.8 Å². The van der Waals surface area contributed by atoms with E-state index in [4.69, 9.17) is 0 Å². The number of para-hydroxylation sites is 1. The van der Waals surface area contributed by atoms with E-state index in [-0.39, 0.29) is 18.4 Å². The topological polar surface area (TPSA) is 42.2 Å². The van der Waals surface area contributed by atoms with Crippen molar-refractivity contribution in [1.82, 2.24) is 4.57 Å². The Morgan fingerprint density at radius 3 is 2.75 bits per heavy atom. The van der Waals surface area contributed by atoms with Gasteiger partial charge in [-0.25, -0.2) is 0 Å². The van der Waals surface area contributed by atoms with E-state index in [1.165, 1.54) is 0 Å². The Morgan fingerprint density at radius 1 is 1.44 bits per heavy atom. The summed E-state index contributed by atoms with van der Waals surface area (Å²) in [5.41, 5.74) is 1.93. The number of hydrogen-bond donors (Lipinski definition) is 1. The number of rotatable bonds is 2. The summed E-state index contributed by atoms with van der Waals surface area (Å²) in [6, 6.07) is 7.76. The van der Waals surface area contributed by atoms with Crippen LogP contribution in [0.4, 0.5) is 0 Å². The second-order valence-corrected chi connectivity index (χ2v) is 4.07. The van der Waals surface area contributed by atoms with Gasteiger partial charge in [0, 0.05) is 31.0 Å². The SMILES string of the molecule is CC(=O)n1cc(C(C)CO)c2ccccc21. The molecular weight excluding hydrogens is 202 g/mol. The summed E-state index contributed by atoms with van der Waals surface area (Å²) in [6.07, 6.45) is 1.83. The van der Waals surface area contributed by atoms with Crippen LogP contribution in [0.15, 0.2) is 30.5 Å². The van der Waals surface area contributed by atoms with Crippen LogP contribution in [0.3, 0.4) is 0 Å². The molecule has 0 saturated heterocycles. The van der Waals surface area contributed by atoms with Crippen LogP contribution >= 0.6 is 0 Å². The lowest BCUT2D eigenvalue weighted by molar-refractivity contribution is 0.0941. The highest BCUT2D eigenvalue weighted by atomic mass is 16.3. The van der Waals surface area contributed by atoms with E-state index < -0.39 is 0 Å². The third-order valence-corrected chi connectivity index (χ3v) is 2.89. The van der Waals surface area contributed by atoms with Gasteiger partial charge in [0.25, 0.3) is 0 Å². The lowest BCUT2D eigenvalue weighted by Gasteiger charge is -2.04. The third kappa shape index (κ3) is 1.63. The lowest BCUT2D eigenvalue weighted by Crippen LogP contribution is -2.03. The zero-order valence-corrected chi connectivity index (χ0v) is 9.47. The molecule has 1 unspecified atom stereocenters. The summed E-state index contributed by atoms with van der Waals surface area (Å²) in [6.45, 7) is 3.58. The van der Waals surface area contributed by atoms with E-state index in [0.717, 1.165) is 16.5 Å². The average molecular weight is 217 g/mol. The molecule has 1 aromatic carbocycles. The molecule has 2 aromatic rings. The molecule has 84 valence electrons. The fourth-order valence-electron chi connectivity index (χ4n) is 1.96. The number of nitrogens with zero attached hydrogens (tertiary/aromatic N) is 1. The Kier molecular flexibility index (Phi) is 2.79. The molecule has 1 atom stereocenters. The first-order chi connectivity index (χ1) is 7.65. The first-order valence-corrected chi connectivity index (χ1v) is 5.37. The number of carbonyl (C=O) groups excluding carboxylic acids is 1. The standard InChI is InChI=1S/C13H15NO2/c1-9(8-15)12-7-14(10(2)16)13-6-4-3-5-11(12)13/h3-7,9,15H,8H2,1-2H3. The number of hydrogen-bond acceptors (Lipinski definition) is 2. The predicted octanol–water partition coefficient (Wildman–Crippen LogP) is 2.40. The monoisotopic (exact) mass is 217 g/mol. The van der Waals surface area contributed by atoms with Crippen LogP contribution in [0.5, 0.6) is 0 Å². The number of benzene rings is 1. The normalized spacial score (nSPS) is 12.9. The second-order valence-electron chi connectivity index (χ2n) is 4.07. The molecule has 0 aliphatic rings. The molecule has 16 heavy (non-hydrogen) atoms. The first-order valence-electron chi connectivity index (χ1n) is 5.37. The lowest BCUT2D eigenvalue weighted by atomic mass is 10.0. The Labute approximate surface area is 94.3 Å². The van der Waals surface area contributed by atoms with Crippen molar-refractivity contribution in [2.75, 3.05) is 6.61 Å². The van der Waals surface area contributed by atoms with Gasteiger partial charge in [0.2, 0.25) is 5.91 Å². The molecule has 3 nitrogen and oxygen atoms in total. The minimum absolute atomic E-state index is 0.00686. The van der Waals surface area contributed by atoms with Crippen molar-refractivity contribution in [3.63, 3.8) is 0 Å². The Balaban J connectivity index is 2.71. The molecule has 1 aromatic heterocycles. The fourth-order valence-corrected chi connectivity index (χ4v) is 1.96. The van der Waals surface area contributed by atoms with E-state index in [2.05, 4.69) is 0 Å². The summed E-state index contributed by atoms with van der Waals surface area (Å²) >= 11 is 0. The van der Waals surface area contributed by atoms with Crippen LogP contribution in [0.2, 0.25) is 0 Å². The van der Waals surface area contributed by atoms with Gasteiger partial charge < -0.3 is 5.11 Å². The van der Waals surface area contributed by atoms with Crippen molar-refractivity contribution >= 4 is 16.8 Å². The zero-order valence-electron chi connectivity index (χ0n) is 9.47. The van der Waals surface area contributed by atoms with E-state index in [1.807, 2.05) is 37.4 Å². The summed E-state index contributed by atoms with van der Waals surface area (Å²) < 4.78 is 1.64. The zero-order chi connectivity index (χ0) is 11.7. The Bertz CT molecular complexity index is 528. The Morgan fingerprint density at radius 2 is 2.12 bits per heavy atom. The van der Waals surface area contributed by atoms with Gasteiger partial charge in [0.15, 0.2) is 0 Å². The van der Waals surface area contributed by atoms with Gasteiger partial charge in [0.05, 0.1) is 5.52 Å². The third-order valence-electron chi connectivity index (χ3n) is 2.89. The van der Waals surface area contributed by atoms with Crippen LogP contribution in [0, 0.1) is 0 Å².